The van der Waals surface area contributed by atoms with Gasteiger partial charge in [0.2, 0.25) is 0 Å². The number of nitrogens with zero attached hydrogens (tertiary/aromatic N) is 1. The van der Waals surface area contributed by atoms with Gasteiger partial charge in [-0.25, -0.2) is 0 Å². The Kier molecular flexibility index (Phi) is 5.92. The summed E-state index contributed by atoms with van der Waals surface area (Å²) in [6.07, 6.45) is 5.31. The van der Waals surface area contributed by atoms with Crippen LogP contribution in [0.1, 0.15) is 32.8 Å². The summed E-state index contributed by atoms with van der Waals surface area (Å²) in [5.41, 5.74) is 1.19. The van der Waals surface area contributed by atoms with Crippen molar-refractivity contribution in [3.63, 3.8) is 0 Å². The highest BCUT2D eigenvalue weighted by molar-refractivity contribution is 5.75. The maximum absolute atomic E-state index is 11.6. The van der Waals surface area contributed by atoms with Crippen molar-refractivity contribution in [1.29, 1.82) is 0 Å². The van der Waals surface area contributed by atoms with E-state index >= 15 is 0 Å². The van der Waals surface area contributed by atoms with Crippen molar-refractivity contribution < 1.29 is 9.53 Å². The third-order valence-electron chi connectivity index (χ3n) is 2.94. The minimum atomic E-state index is -0.246. The highest BCUT2D eigenvalue weighted by Crippen LogP contribution is 2.07. The Bertz CT molecular complexity index is 372. The number of ether oxygens (including phenoxy) is 1. The molecule has 0 aromatic carbocycles. The van der Waals surface area contributed by atoms with Crippen LogP contribution >= 0.6 is 0 Å². The summed E-state index contributed by atoms with van der Waals surface area (Å²) in [4.78, 5) is 11.6. The third kappa shape index (κ3) is 4.18. The second-order valence-electron chi connectivity index (χ2n) is 4.88. The molecule has 0 bridgehead atoms. The SMILES string of the molecule is CCCn1ccc(CNC(C(=O)OC)C(C)C)c1. The molecule has 1 rings (SSSR count). The molecule has 0 aliphatic heterocycles. The van der Waals surface area contributed by atoms with E-state index in [0.29, 0.717) is 6.54 Å². The molecule has 1 unspecified atom stereocenters. The highest BCUT2D eigenvalue weighted by Gasteiger charge is 2.22. The predicted molar refractivity (Wildman–Crippen MR) is 72.2 cm³/mol. The largest absolute Gasteiger partial charge is 0.468 e. The monoisotopic (exact) mass is 252 g/mol. The van der Waals surface area contributed by atoms with Crippen molar-refractivity contribution in [2.75, 3.05) is 7.11 Å². The zero-order valence-electron chi connectivity index (χ0n) is 11.8. The molecular weight excluding hydrogens is 228 g/mol. The zero-order chi connectivity index (χ0) is 13.5. The van der Waals surface area contributed by atoms with Crippen LogP contribution < -0.4 is 5.32 Å². The molecule has 102 valence electrons. The van der Waals surface area contributed by atoms with Gasteiger partial charge in [0.25, 0.3) is 0 Å². The fourth-order valence-corrected chi connectivity index (χ4v) is 1.94. The average Bonchev–Trinajstić information content (AvgIpc) is 2.77. The van der Waals surface area contributed by atoms with E-state index < -0.39 is 0 Å². The lowest BCUT2D eigenvalue weighted by molar-refractivity contribution is -0.144. The number of methoxy groups -OCH3 is 1. The van der Waals surface area contributed by atoms with E-state index in [1.807, 2.05) is 13.8 Å². The van der Waals surface area contributed by atoms with Crippen molar-refractivity contribution in [3.8, 4) is 0 Å². The van der Waals surface area contributed by atoms with Gasteiger partial charge in [0.15, 0.2) is 0 Å². The number of nitrogens with one attached hydrogen (secondary N) is 1. The molecular formula is C14H24N2O2. The van der Waals surface area contributed by atoms with Gasteiger partial charge in [-0.1, -0.05) is 20.8 Å². The topological polar surface area (TPSA) is 43.3 Å². The molecule has 0 aliphatic carbocycles. The molecule has 0 saturated heterocycles. The summed E-state index contributed by atoms with van der Waals surface area (Å²) < 4.78 is 6.97. The van der Waals surface area contributed by atoms with Crippen LogP contribution in [0.25, 0.3) is 0 Å². The summed E-state index contributed by atoms with van der Waals surface area (Å²) in [6.45, 7) is 7.90. The first-order valence-corrected chi connectivity index (χ1v) is 6.54. The second-order valence-corrected chi connectivity index (χ2v) is 4.88. The number of carbonyl (C=O) groups is 1. The Morgan fingerprint density at radius 3 is 2.78 bits per heavy atom. The highest BCUT2D eigenvalue weighted by atomic mass is 16.5. The van der Waals surface area contributed by atoms with Crippen molar-refractivity contribution in [2.45, 2.75) is 46.3 Å². The van der Waals surface area contributed by atoms with Crippen LogP contribution in [0.4, 0.5) is 0 Å². The Morgan fingerprint density at radius 1 is 1.50 bits per heavy atom. The molecule has 0 radical (unpaired) electrons. The van der Waals surface area contributed by atoms with Crippen LogP contribution in [0.5, 0.6) is 0 Å². The molecule has 4 nitrogen and oxygen atoms in total. The minimum absolute atomic E-state index is 0.196. The van der Waals surface area contributed by atoms with E-state index in [9.17, 15) is 4.79 Å². The lowest BCUT2D eigenvalue weighted by atomic mass is 10.0. The van der Waals surface area contributed by atoms with E-state index in [1.165, 1.54) is 12.7 Å². The quantitative estimate of drug-likeness (QED) is 0.756. The summed E-state index contributed by atoms with van der Waals surface area (Å²) in [6, 6.07) is 1.83. The van der Waals surface area contributed by atoms with Gasteiger partial charge in [0.1, 0.15) is 6.04 Å². The van der Waals surface area contributed by atoms with Gasteiger partial charge >= 0.3 is 5.97 Å². The smallest absolute Gasteiger partial charge is 0.323 e. The third-order valence-corrected chi connectivity index (χ3v) is 2.94. The van der Waals surface area contributed by atoms with E-state index in [0.717, 1.165) is 13.0 Å². The molecule has 1 heterocycles. The number of carbonyl (C=O) groups excluding carboxylic acids is 1. The molecule has 1 aromatic heterocycles. The van der Waals surface area contributed by atoms with Gasteiger partial charge in [0.05, 0.1) is 7.11 Å². The van der Waals surface area contributed by atoms with Crippen LogP contribution in [-0.2, 0) is 22.6 Å². The van der Waals surface area contributed by atoms with Crippen LogP contribution in [0, 0.1) is 5.92 Å². The van der Waals surface area contributed by atoms with Gasteiger partial charge in [-0.05, 0) is 24.0 Å². The first-order chi connectivity index (χ1) is 8.58. The van der Waals surface area contributed by atoms with Gasteiger partial charge in [-0.2, -0.15) is 0 Å². The van der Waals surface area contributed by atoms with Gasteiger partial charge in [0, 0.05) is 25.5 Å². The number of aryl methyl sites for hydroxylation is 1. The molecule has 0 fully saturated rings. The van der Waals surface area contributed by atoms with Crippen LogP contribution in [0.2, 0.25) is 0 Å². The molecule has 0 aliphatic rings. The normalized spacial score (nSPS) is 12.7. The number of hydrogen-bond donors (Lipinski definition) is 1. The number of esters is 1. The van der Waals surface area contributed by atoms with Crippen molar-refractivity contribution in [2.24, 2.45) is 5.92 Å². The lowest BCUT2D eigenvalue weighted by Crippen LogP contribution is -2.41. The van der Waals surface area contributed by atoms with E-state index in [2.05, 4.69) is 35.3 Å². The predicted octanol–water partition coefficient (Wildman–Crippen LogP) is 2.19. The zero-order valence-corrected chi connectivity index (χ0v) is 11.8. The molecule has 18 heavy (non-hydrogen) atoms. The van der Waals surface area contributed by atoms with Crippen LogP contribution in [-0.4, -0.2) is 23.7 Å². The Labute approximate surface area is 109 Å². The average molecular weight is 252 g/mol. The summed E-state index contributed by atoms with van der Waals surface area (Å²) >= 11 is 0. The fourth-order valence-electron chi connectivity index (χ4n) is 1.94. The van der Waals surface area contributed by atoms with Crippen LogP contribution in [0.3, 0.4) is 0 Å². The fraction of sp³-hybridized carbons (Fsp3) is 0.643. The lowest BCUT2D eigenvalue weighted by Gasteiger charge is -2.19. The Hall–Kier alpha value is -1.29. The maximum atomic E-state index is 11.6. The molecule has 4 heteroatoms. The van der Waals surface area contributed by atoms with Gasteiger partial charge in [-0.3, -0.25) is 4.79 Å². The Balaban J connectivity index is 2.53. The molecule has 1 atom stereocenters. The van der Waals surface area contributed by atoms with Crippen molar-refractivity contribution in [3.05, 3.63) is 24.0 Å². The standard InChI is InChI=1S/C14H24N2O2/c1-5-7-16-8-6-12(10-16)9-15-13(11(2)3)14(17)18-4/h6,8,10-11,13,15H,5,7,9H2,1-4H3. The van der Waals surface area contributed by atoms with Gasteiger partial charge < -0.3 is 14.6 Å². The summed E-state index contributed by atoms with van der Waals surface area (Å²) in [5, 5.41) is 3.25. The molecule has 0 spiro atoms. The summed E-state index contributed by atoms with van der Waals surface area (Å²) in [5.74, 6) is 0.0215. The second kappa shape index (κ2) is 7.21. The van der Waals surface area contributed by atoms with E-state index in [-0.39, 0.29) is 17.9 Å². The molecule has 0 amide bonds. The molecule has 1 aromatic rings. The van der Waals surface area contributed by atoms with Crippen LogP contribution in [0.15, 0.2) is 18.5 Å². The number of aromatic nitrogens is 1. The van der Waals surface area contributed by atoms with Crippen molar-refractivity contribution >= 4 is 5.97 Å². The molecule has 1 N–H and O–H groups in total. The Morgan fingerprint density at radius 2 is 2.22 bits per heavy atom. The molecule has 0 saturated carbocycles. The van der Waals surface area contributed by atoms with Gasteiger partial charge in [-0.15, -0.1) is 0 Å². The number of rotatable bonds is 7. The minimum Gasteiger partial charge on any atom is -0.468 e. The first kappa shape index (κ1) is 14.8. The van der Waals surface area contributed by atoms with E-state index in [1.54, 1.807) is 0 Å². The van der Waals surface area contributed by atoms with Crippen molar-refractivity contribution in [1.82, 2.24) is 9.88 Å². The summed E-state index contributed by atoms with van der Waals surface area (Å²) in [7, 11) is 1.43. The maximum Gasteiger partial charge on any atom is 0.323 e. The first-order valence-electron chi connectivity index (χ1n) is 6.54. The number of hydrogen-bond acceptors (Lipinski definition) is 3. The van der Waals surface area contributed by atoms with E-state index in [4.69, 9.17) is 4.74 Å².